The number of carbonyl (C=O) groups is 2. The Kier molecular flexibility index (Phi) is 1.67. The largest absolute Gasteiger partial charge is 0.478 e. The van der Waals surface area contributed by atoms with E-state index in [0.29, 0.717) is 6.54 Å². The molecule has 2 heterocycles. The molecule has 72 valence electrons. The number of aromatic carboxylic acids is 1. The number of rotatable bonds is 2. The Bertz CT molecular complexity index is 455. The van der Waals surface area contributed by atoms with E-state index in [1.807, 2.05) is 0 Å². The van der Waals surface area contributed by atoms with Gasteiger partial charge in [0.25, 0.3) is 0 Å². The third kappa shape index (κ3) is 1.02. The van der Waals surface area contributed by atoms with Crippen molar-refractivity contribution in [3.8, 4) is 0 Å². The smallest absolute Gasteiger partial charge is 0.337 e. The zero-order valence-corrected chi connectivity index (χ0v) is 7.10. The van der Waals surface area contributed by atoms with Gasteiger partial charge in [0.05, 0.1) is 16.8 Å². The first-order valence-corrected chi connectivity index (χ1v) is 3.97. The molecule has 2 rings (SSSR count). The molecule has 0 saturated heterocycles. The van der Waals surface area contributed by atoms with Crippen LogP contribution in [-0.4, -0.2) is 26.7 Å². The maximum Gasteiger partial charge on any atom is 0.337 e. The van der Waals surface area contributed by atoms with Crippen LogP contribution in [-0.2, 0) is 11.3 Å². The third-order valence-corrected chi connectivity index (χ3v) is 2.17. The number of fused-ring (bicyclic) bond motifs is 1. The average Bonchev–Trinajstić information content (AvgIpc) is 2.59. The van der Waals surface area contributed by atoms with E-state index in [1.165, 1.54) is 12.1 Å². The SMILES string of the molecule is O=C(O)C1=CCn2ccc(C(=O)O)c21. The molecule has 2 N–H and O–H groups in total. The summed E-state index contributed by atoms with van der Waals surface area (Å²) in [4.78, 5) is 21.5. The molecule has 0 saturated carbocycles. The van der Waals surface area contributed by atoms with Gasteiger partial charge < -0.3 is 14.8 Å². The monoisotopic (exact) mass is 193 g/mol. The van der Waals surface area contributed by atoms with E-state index in [1.54, 1.807) is 10.8 Å². The minimum absolute atomic E-state index is 0.0381. The predicted octanol–water partition coefficient (Wildman–Crippen LogP) is 0.668. The second-order valence-corrected chi connectivity index (χ2v) is 2.96. The second kappa shape index (κ2) is 2.73. The van der Waals surface area contributed by atoms with Crippen LogP contribution in [0, 0.1) is 0 Å². The molecule has 0 aliphatic carbocycles. The Morgan fingerprint density at radius 1 is 1.29 bits per heavy atom. The Hall–Kier alpha value is -2.04. The molecule has 14 heavy (non-hydrogen) atoms. The standard InChI is InChI=1S/C9H7NO4/c11-8(12)5-1-3-10-4-2-6(7(5)10)9(13)14/h1-3H,4H2,(H,11,12)(H,13,14). The van der Waals surface area contributed by atoms with Crippen molar-refractivity contribution in [3.63, 3.8) is 0 Å². The van der Waals surface area contributed by atoms with Gasteiger partial charge in [-0.1, -0.05) is 0 Å². The maximum absolute atomic E-state index is 10.8. The molecular weight excluding hydrogens is 186 g/mol. The summed E-state index contributed by atoms with van der Waals surface area (Å²) in [7, 11) is 0. The van der Waals surface area contributed by atoms with Gasteiger partial charge in [-0.3, -0.25) is 0 Å². The maximum atomic E-state index is 10.8. The lowest BCUT2D eigenvalue weighted by Gasteiger charge is -1.99. The van der Waals surface area contributed by atoms with E-state index in [-0.39, 0.29) is 16.8 Å². The molecule has 0 fully saturated rings. The highest BCUT2D eigenvalue weighted by Gasteiger charge is 2.25. The number of aliphatic carboxylic acids is 1. The van der Waals surface area contributed by atoms with E-state index in [0.717, 1.165) is 0 Å². The topological polar surface area (TPSA) is 79.5 Å². The zero-order chi connectivity index (χ0) is 10.3. The number of hydrogen-bond acceptors (Lipinski definition) is 2. The van der Waals surface area contributed by atoms with Crippen LogP contribution in [0.25, 0.3) is 5.57 Å². The first-order valence-electron chi connectivity index (χ1n) is 3.97. The van der Waals surface area contributed by atoms with Gasteiger partial charge in [-0.05, 0) is 12.1 Å². The van der Waals surface area contributed by atoms with Gasteiger partial charge in [-0.2, -0.15) is 0 Å². The fourth-order valence-electron chi connectivity index (χ4n) is 1.57. The zero-order valence-electron chi connectivity index (χ0n) is 7.10. The fraction of sp³-hybridized carbons (Fsp3) is 0.111. The van der Waals surface area contributed by atoms with Crippen molar-refractivity contribution < 1.29 is 19.8 Å². The molecule has 0 spiro atoms. The number of hydrogen-bond donors (Lipinski definition) is 2. The van der Waals surface area contributed by atoms with Crippen molar-refractivity contribution >= 4 is 17.5 Å². The summed E-state index contributed by atoms with van der Waals surface area (Å²) in [6.45, 7) is 0.421. The first kappa shape index (κ1) is 8.55. The van der Waals surface area contributed by atoms with Crippen molar-refractivity contribution in [3.05, 3.63) is 29.6 Å². The van der Waals surface area contributed by atoms with Gasteiger partial charge in [0.2, 0.25) is 0 Å². The molecular formula is C9H7NO4. The Labute approximate surface area is 78.9 Å². The summed E-state index contributed by atoms with van der Waals surface area (Å²) < 4.78 is 1.60. The highest BCUT2D eigenvalue weighted by Crippen LogP contribution is 2.26. The van der Waals surface area contributed by atoms with Crippen LogP contribution in [0.2, 0.25) is 0 Å². The molecule has 1 aromatic heterocycles. The molecule has 5 heteroatoms. The fourth-order valence-corrected chi connectivity index (χ4v) is 1.57. The van der Waals surface area contributed by atoms with Crippen LogP contribution >= 0.6 is 0 Å². The summed E-state index contributed by atoms with van der Waals surface area (Å²) in [5.74, 6) is -2.20. The molecule has 0 radical (unpaired) electrons. The minimum atomic E-state index is -1.10. The van der Waals surface area contributed by atoms with Crippen LogP contribution < -0.4 is 0 Å². The molecule has 1 aromatic rings. The van der Waals surface area contributed by atoms with Crippen molar-refractivity contribution in [2.75, 3.05) is 0 Å². The predicted molar refractivity (Wildman–Crippen MR) is 47.0 cm³/mol. The summed E-state index contributed by atoms with van der Waals surface area (Å²) in [5.41, 5.74) is 0.383. The number of nitrogens with zero attached hydrogens (tertiary/aromatic N) is 1. The van der Waals surface area contributed by atoms with Gasteiger partial charge in [0.15, 0.2) is 0 Å². The summed E-state index contributed by atoms with van der Waals surface area (Å²) in [6, 6.07) is 1.41. The summed E-state index contributed by atoms with van der Waals surface area (Å²) in [6.07, 6.45) is 3.08. The molecule has 0 unspecified atom stereocenters. The lowest BCUT2D eigenvalue weighted by atomic mass is 10.1. The Morgan fingerprint density at radius 3 is 2.57 bits per heavy atom. The van der Waals surface area contributed by atoms with E-state index in [4.69, 9.17) is 10.2 Å². The summed E-state index contributed by atoms with van der Waals surface area (Å²) >= 11 is 0. The normalized spacial score (nSPS) is 13.6. The van der Waals surface area contributed by atoms with Crippen molar-refractivity contribution in [2.45, 2.75) is 6.54 Å². The van der Waals surface area contributed by atoms with Gasteiger partial charge in [-0.15, -0.1) is 0 Å². The average molecular weight is 193 g/mol. The Balaban J connectivity index is 2.58. The highest BCUT2D eigenvalue weighted by molar-refractivity contribution is 6.18. The van der Waals surface area contributed by atoms with Crippen molar-refractivity contribution in [1.29, 1.82) is 0 Å². The minimum Gasteiger partial charge on any atom is -0.478 e. The van der Waals surface area contributed by atoms with Crippen LogP contribution in [0.4, 0.5) is 0 Å². The first-order chi connectivity index (χ1) is 6.61. The highest BCUT2D eigenvalue weighted by atomic mass is 16.4. The van der Waals surface area contributed by atoms with E-state index >= 15 is 0 Å². The van der Waals surface area contributed by atoms with E-state index in [2.05, 4.69) is 0 Å². The van der Waals surface area contributed by atoms with Crippen LogP contribution in [0.5, 0.6) is 0 Å². The Morgan fingerprint density at radius 2 is 2.00 bits per heavy atom. The molecule has 0 bridgehead atoms. The van der Waals surface area contributed by atoms with Crippen molar-refractivity contribution in [1.82, 2.24) is 4.57 Å². The molecule has 1 aliphatic heterocycles. The number of aromatic nitrogens is 1. The van der Waals surface area contributed by atoms with Gasteiger partial charge in [-0.25, -0.2) is 9.59 Å². The quantitative estimate of drug-likeness (QED) is 0.723. The van der Waals surface area contributed by atoms with Gasteiger partial charge in [0.1, 0.15) is 0 Å². The molecule has 5 nitrogen and oxygen atoms in total. The number of allylic oxidation sites excluding steroid dienone is 1. The molecule has 0 aromatic carbocycles. The second-order valence-electron chi connectivity index (χ2n) is 2.96. The van der Waals surface area contributed by atoms with E-state index in [9.17, 15) is 9.59 Å². The molecule has 1 aliphatic rings. The molecule has 0 atom stereocenters. The molecule has 0 amide bonds. The lowest BCUT2D eigenvalue weighted by molar-refractivity contribution is -0.130. The summed E-state index contributed by atoms with van der Waals surface area (Å²) in [5, 5.41) is 17.6. The number of carboxylic acid groups (broad SMARTS) is 2. The van der Waals surface area contributed by atoms with E-state index < -0.39 is 11.9 Å². The van der Waals surface area contributed by atoms with Crippen molar-refractivity contribution in [2.24, 2.45) is 0 Å². The lowest BCUT2D eigenvalue weighted by Crippen LogP contribution is -2.05. The number of carboxylic acids is 2. The van der Waals surface area contributed by atoms with Crippen LogP contribution in [0.1, 0.15) is 16.1 Å². The van der Waals surface area contributed by atoms with Gasteiger partial charge >= 0.3 is 11.9 Å². The van der Waals surface area contributed by atoms with Gasteiger partial charge in [0, 0.05) is 12.7 Å². The van der Waals surface area contributed by atoms with Crippen LogP contribution in [0.15, 0.2) is 18.3 Å². The van der Waals surface area contributed by atoms with Crippen LogP contribution in [0.3, 0.4) is 0 Å². The third-order valence-electron chi connectivity index (χ3n) is 2.17.